The van der Waals surface area contributed by atoms with Gasteiger partial charge in [-0.15, -0.1) is 0 Å². The average Bonchev–Trinajstić information content (AvgIpc) is 2.62. The Morgan fingerprint density at radius 1 is 1.28 bits per heavy atom. The van der Waals surface area contributed by atoms with E-state index in [-0.39, 0.29) is 18.1 Å². The maximum atomic E-state index is 12.1. The molecule has 1 aliphatic heterocycles. The van der Waals surface area contributed by atoms with Crippen molar-refractivity contribution >= 4 is 23.5 Å². The van der Waals surface area contributed by atoms with E-state index in [2.05, 4.69) is 16.6 Å². The molecule has 1 amide bonds. The van der Waals surface area contributed by atoms with Gasteiger partial charge in [-0.2, -0.15) is 5.10 Å². The van der Waals surface area contributed by atoms with Crippen LogP contribution in [0.3, 0.4) is 0 Å². The van der Waals surface area contributed by atoms with Crippen molar-refractivity contribution in [1.29, 1.82) is 0 Å². The minimum absolute atomic E-state index is 0.0137. The van der Waals surface area contributed by atoms with Crippen LogP contribution < -0.4 is 10.3 Å². The number of hydrogen-bond donors (Lipinski definition) is 1. The van der Waals surface area contributed by atoms with Crippen molar-refractivity contribution in [2.75, 3.05) is 18.0 Å². The van der Waals surface area contributed by atoms with Crippen LogP contribution in [0.1, 0.15) is 17.5 Å². The van der Waals surface area contributed by atoms with Crippen molar-refractivity contribution in [2.45, 2.75) is 12.8 Å². The van der Waals surface area contributed by atoms with Crippen molar-refractivity contribution in [2.24, 2.45) is 5.10 Å². The summed E-state index contributed by atoms with van der Waals surface area (Å²) in [6, 6.07) is 14.1. The zero-order valence-corrected chi connectivity index (χ0v) is 13.6. The molecule has 0 spiro atoms. The summed E-state index contributed by atoms with van der Waals surface area (Å²) in [5.41, 5.74) is 5.36. The molecule has 2 aromatic carbocycles. The normalized spacial score (nSPS) is 13.5. The van der Waals surface area contributed by atoms with Gasteiger partial charge in [-0.3, -0.25) is 14.9 Å². The SMILES string of the molecule is O=C(CN1CCCc2ccccc21)NN=Cc1cccc([N+](=O)[O-])c1. The number of non-ortho nitro benzene ring substituents is 1. The van der Waals surface area contributed by atoms with Gasteiger partial charge in [-0.25, -0.2) is 5.43 Å². The Balaban J connectivity index is 1.59. The molecule has 1 heterocycles. The summed E-state index contributed by atoms with van der Waals surface area (Å²) in [6.07, 6.45) is 3.44. The molecule has 0 saturated carbocycles. The highest BCUT2D eigenvalue weighted by atomic mass is 16.6. The Morgan fingerprint density at radius 2 is 2.12 bits per heavy atom. The maximum absolute atomic E-state index is 12.1. The Kier molecular flexibility index (Phi) is 5.03. The first-order valence-corrected chi connectivity index (χ1v) is 8.03. The van der Waals surface area contributed by atoms with E-state index in [1.807, 2.05) is 23.1 Å². The van der Waals surface area contributed by atoms with Gasteiger partial charge in [-0.1, -0.05) is 30.3 Å². The average molecular weight is 338 g/mol. The molecule has 0 bridgehead atoms. The summed E-state index contributed by atoms with van der Waals surface area (Å²) in [4.78, 5) is 24.4. The van der Waals surface area contributed by atoms with Crippen LogP contribution in [-0.4, -0.2) is 30.1 Å². The molecule has 2 aromatic rings. The van der Waals surface area contributed by atoms with Gasteiger partial charge in [0.15, 0.2) is 0 Å². The molecule has 0 unspecified atom stereocenters. The number of rotatable bonds is 5. The van der Waals surface area contributed by atoms with Gasteiger partial charge in [0.1, 0.15) is 0 Å². The van der Waals surface area contributed by atoms with E-state index < -0.39 is 4.92 Å². The summed E-state index contributed by atoms with van der Waals surface area (Å²) in [5.74, 6) is -0.224. The largest absolute Gasteiger partial charge is 0.362 e. The van der Waals surface area contributed by atoms with Gasteiger partial charge >= 0.3 is 0 Å². The maximum Gasteiger partial charge on any atom is 0.270 e. The number of fused-ring (bicyclic) bond motifs is 1. The van der Waals surface area contributed by atoms with Crippen LogP contribution in [0.15, 0.2) is 53.6 Å². The van der Waals surface area contributed by atoms with E-state index in [1.165, 1.54) is 23.9 Å². The van der Waals surface area contributed by atoms with Gasteiger partial charge in [-0.05, 0) is 24.5 Å². The fourth-order valence-electron chi connectivity index (χ4n) is 2.88. The third-order valence-corrected chi connectivity index (χ3v) is 4.02. The molecule has 0 aliphatic carbocycles. The van der Waals surface area contributed by atoms with Crippen molar-refractivity contribution in [3.8, 4) is 0 Å². The Labute approximate surface area is 145 Å². The van der Waals surface area contributed by atoms with Gasteiger partial charge < -0.3 is 4.90 Å². The van der Waals surface area contributed by atoms with Crippen LogP contribution in [-0.2, 0) is 11.2 Å². The zero-order chi connectivity index (χ0) is 17.6. The number of anilines is 1. The second-order valence-electron chi connectivity index (χ2n) is 5.80. The first-order chi connectivity index (χ1) is 12.1. The number of nitro benzene ring substituents is 1. The monoisotopic (exact) mass is 338 g/mol. The van der Waals surface area contributed by atoms with E-state index in [9.17, 15) is 14.9 Å². The molecule has 0 radical (unpaired) electrons. The second-order valence-corrected chi connectivity index (χ2v) is 5.80. The third-order valence-electron chi connectivity index (χ3n) is 4.02. The smallest absolute Gasteiger partial charge is 0.270 e. The number of nitrogens with zero attached hydrogens (tertiary/aromatic N) is 3. The molecule has 7 heteroatoms. The van der Waals surface area contributed by atoms with Crippen LogP contribution in [0.25, 0.3) is 0 Å². The topological polar surface area (TPSA) is 87.8 Å². The van der Waals surface area contributed by atoms with Crippen LogP contribution in [0.5, 0.6) is 0 Å². The number of nitrogens with one attached hydrogen (secondary N) is 1. The number of amides is 1. The first kappa shape index (κ1) is 16.6. The number of carbonyl (C=O) groups excluding carboxylic acids is 1. The number of aryl methyl sites for hydroxylation is 1. The number of benzene rings is 2. The molecule has 0 atom stereocenters. The zero-order valence-electron chi connectivity index (χ0n) is 13.6. The predicted octanol–water partition coefficient (Wildman–Crippen LogP) is 2.50. The Hall–Kier alpha value is -3.22. The number of para-hydroxylation sites is 1. The fourth-order valence-corrected chi connectivity index (χ4v) is 2.88. The molecule has 1 N–H and O–H groups in total. The lowest BCUT2D eigenvalue weighted by molar-refractivity contribution is -0.384. The van der Waals surface area contributed by atoms with Crippen molar-refractivity contribution in [3.63, 3.8) is 0 Å². The second kappa shape index (κ2) is 7.57. The number of carbonyl (C=O) groups is 1. The number of hydrogen-bond acceptors (Lipinski definition) is 5. The Bertz CT molecular complexity index is 819. The van der Waals surface area contributed by atoms with Crippen molar-refractivity contribution in [3.05, 3.63) is 69.8 Å². The Morgan fingerprint density at radius 3 is 2.96 bits per heavy atom. The highest BCUT2D eigenvalue weighted by molar-refractivity contribution is 5.85. The number of nitro groups is 1. The molecule has 0 fully saturated rings. The van der Waals surface area contributed by atoms with Crippen LogP contribution in [0, 0.1) is 10.1 Å². The van der Waals surface area contributed by atoms with Gasteiger partial charge in [0, 0.05) is 29.9 Å². The molecule has 128 valence electrons. The van der Waals surface area contributed by atoms with E-state index in [0.717, 1.165) is 25.1 Å². The third kappa shape index (κ3) is 4.20. The van der Waals surface area contributed by atoms with Crippen LogP contribution in [0.4, 0.5) is 11.4 Å². The van der Waals surface area contributed by atoms with Crippen molar-refractivity contribution < 1.29 is 9.72 Å². The van der Waals surface area contributed by atoms with Crippen molar-refractivity contribution in [1.82, 2.24) is 5.43 Å². The van der Waals surface area contributed by atoms with Gasteiger partial charge in [0.2, 0.25) is 0 Å². The van der Waals surface area contributed by atoms with Gasteiger partial charge in [0.05, 0.1) is 17.7 Å². The summed E-state index contributed by atoms with van der Waals surface area (Å²) < 4.78 is 0. The molecule has 0 saturated heterocycles. The highest BCUT2D eigenvalue weighted by Gasteiger charge is 2.18. The molecule has 7 nitrogen and oxygen atoms in total. The molecular weight excluding hydrogens is 320 g/mol. The van der Waals surface area contributed by atoms with Gasteiger partial charge in [0.25, 0.3) is 11.6 Å². The summed E-state index contributed by atoms with van der Waals surface area (Å²) >= 11 is 0. The quantitative estimate of drug-likeness (QED) is 0.515. The fraction of sp³-hybridized carbons (Fsp3) is 0.222. The lowest BCUT2D eigenvalue weighted by Gasteiger charge is -2.30. The summed E-state index contributed by atoms with van der Waals surface area (Å²) in [6.45, 7) is 1.06. The standard InChI is InChI=1S/C18H18N4O3/c23-18(13-21-10-4-7-15-6-1-2-9-17(15)21)20-19-12-14-5-3-8-16(11-14)22(24)25/h1-3,5-6,8-9,11-12H,4,7,10,13H2,(H,20,23). The molecule has 1 aliphatic rings. The summed E-state index contributed by atoms with van der Waals surface area (Å²) in [7, 11) is 0. The van der Waals surface area contributed by atoms with E-state index in [1.54, 1.807) is 12.1 Å². The minimum atomic E-state index is -0.469. The van der Waals surface area contributed by atoms with Crippen LogP contribution >= 0.6 is 0 Å². The lowest BCUT2D eigenvalue weighted by Crippen LogP contribution is -2.38. The highest BCUT2D eigenvalue weighted by Crippen LogP contribution is 2.26. The molecule has 3 rings (SSSR count). The lowest BCUT2D eigenvalue weighted by atomic mass is 10.0. The van der Waals surface area contributed by atoms with E-state index in [4.69, 9.17) is 0 Å². The molecule has 25 heavy (non-hydrogen) atoms. The predicted molar refractivity (Wildman–Crippen MR) is 95.8 cm³/mol. The first-order valence-electron chi connectivity index (χ1n) is 8.03. The van der Waals surface area contributed by atoms with Crippen LogP contribution in [0.2, 0.25) is 0 Å². The minimum Gasteiger partial charge on any atom is -0.362 e. The summed E-state index contributed by atoms with van der Waals surface area (Å²) in [5, 5.41) is 14.6. The number of hydrazone groups is 1. The van der Waals surface area contributed by atoms with E-state index in [0.29, 0.717) is 5.56 Å². The molecule has 0 aromatic heterocycles. The van der Waals surface area contributed by atoms with E-state index >= 15 is 0 Å². The molecular formula is C18H18N4O3.